The van der Waals surface area contributed by atoms with Crippen LogP contribution in [-0.4, -0.2) is 17.0 Å². The molecule has 0 saturated heterocycles. The van der Waals surface area contributed by atoms with Gasteiger partial charge in [0.05, 0.1) is 17.7 Å². The van der Waals surface area contributed by atoms with E-state index in [1.165, 1.54) is 43.2 Å². The molecule has 1 aliphatic carbocycles. The lowest BCUT2D eigenvalue weighted by atomic mass is 9.57. The third-order valence-corrected chi connectivity index (χ3v) is 6.47. The van der Waals surface area contributed by atoms with E-state index >= 15 is 0 Å². The minimum absolute atomic E-state index is 0.112. The highest BCUT2D eigenvalue weighted by atomic mass is 16.1. The van der Waals surface area contributed by atoms with Crippen LogP contribution in [0.5, 0.6) is 0 Å². The van der Waals surface area contributed by atoms with Crippen molar-refractivity contribution in [1.29, 1.82) is 0 Å². The predicted octanol–water partition coefficient (Wildman–Crippen LogP) is 5.74. The molecular weight excluding hydrogens is 318 g/mol. The Morgan fingerprint density at radius 1 is 0.923 bits per heavy atom. The molecule has 0 aromatic heterocycles. The Labute approximate surface area is 156 Å². The largest absolute Gasteiger partial charge is 0.294 e. The fourth-order valence-electron chi connectivity index (χ4n) is 5.04. The maximum absolute atomic E-state index is 12.8. The summed E-state index contributed by atoms with van der Waals surface area (Å²) in [6, 6.07) is 18.2. The van der Waals surface area contributed by atoms with Crippen molar-refractivity contribution in [3.63, 3.8) is 0 Å². The van der Waals surface area contributed by atoms with Gasteiger partial charge in [0.15, 0.2) is 5.78 Å². The SMILES string of the molecule is CC1(C)N=C(CC(=O)c2ccccc2)c2ccccc2C12CCCCC2. The molecule has 1 fully saturated rings. The van der Waals surface area contributed by atoms with Crippen molar-refractivity contribution in [3.8, 4) is 0 Å². The molecular formula is C24H27NO. The van der Waals surface area contributed by atoms with E-state index in [9.17, 15) is 4.79 Å². The summed E-state index contributed by atoms with van der Waals surface area (Å²) in [5.74, 6) is 0.148. The van der Waals surface area contributed by atoms with Crippen LogP contribution in [0.3, 0.4) is 0 Å². The first-order valence-electron chi connectivity index (χ1n) is 9.80. The van der Waals surface area contributed by atoms with E-state index in [1.54, 1.807) is 0 Å². The Hall–Kier alpha value is -2.22. The maximum atomic E-state index is 12.8. The van der Waals surface area contributed by atoms with Gasteiger partial charge in [-0.1, -0.05) is 73.9 Å². The van der Waals surface area contributed by atoms with Crippen LogP contribution in [0.1, 0.15) is 73.9 Å². The summed E-state index contributed by atoms with van der Waals surface area (Å²) in [5.41, 5.74) is 4.27. The molecule has 2 aromatic carbocycles. The van der Waals surface area contributed by atoms with Crippen LogP contribution in [0.15, 0.2) is 59.6 Å². The smallest absolute Gasteiger partial charge is 0.168 e. The van der Waals surface area contributed by atoms with E-state index in [4.69, 9.17) is 4.99 Å². The number of fused-ring (bicyclic) bond motifs is 2. The van der Waals surface area contributed by atoms with Gasteiger partial charge >= 0.3 is 0 Å². The van der Waals surface area contributed by atoms with Crippen LogP contribution in [0.4, 0.5) is 0 Å². The molecule has 0 unspecified atom stereocenters. The predicted molar refractivity (Wildman–Crippen MR) is 107 cm³/mol. The normalized spacial score (nSPS) is 20.3. The van der Waals surface area contributed by atoms with Gasteiger partial charge in [0.2, 0.25) is 0 Å². The molecule has 2 aromatic rings. The van der Waals surface area contributed by atoms with Gasteiger partial charge in [-0.3, -0.25) is 9.79 Å². The number of hydrogen-bond acceptors (Lipinski definition) is 2. The molecule has 2 nitrogen and oxygen atoms in total. The number of nitrogens with zero attached hydrogens (tertiary/aromatic N) is 1. The van der Waals surface area contributed by atoms with E-state index in [2.05, 4.69) is 38.1 Å². The van der Waals surface area contributed by atoms with Crippen molar-refractivity contribution < 1.29 is 4.79 Å². The number of benzene rings is 2. The Kier molecular flexibility index (Phi) is 4.30. The summed E-state index contributed by atoms with van der Waals surface area (Å²) in [7, 11) is 0. The average Bonchev–Trinajstić information content (AvgIpc) is 2.67. The van der Waals surface area contributed by atoms with Crippen LogP contribution in [-0.2, 0) is 5.41 Å². The summed E-state index contributed by atoms with van der Waals surface area (Å²) in [6.45, 7) is 4.53. The third-order valence-electron chi connectivity index (χ3n) is 6.47. The van der Waals surface area contributed by atoms with E-state index in [-0.39, 0.29) is 16.7 Å². The molecule has 0 amide bonds. The van der Waals surface area contributed by atoms with Crippen molar-refractivity contribution in [2.45, 2.75) is 63.3 Å². The number of ketones is 1. The molecule has 0 atom stereocenters. The van der Waals surface area contributed by atoms with Crippen LogP contribution < -0.4 is 0 Å². The molecule has 0 bridgehead atoms. The first kappa shape index (κ1) is 17.2. The van der Waals surface area contributed by atoms with Gasteiger partial charge in [-0.05, 0) is 37.8 Å². The molecule has 134 valence electrons. The van der Waals surface area contributed by atoms with E-state index in [0.717, 1.165) is 11.3 Å². The zero-order valence-corrected chi connectivity index (χ0v) is 15.8. The Bertz CT molecular complexity index is 842. The molecule has 2 heteroatoms. The third kappa shape index (κ3) is 2.72. The molecule has 1 spiro atoms. The minimum Gasteiger partial charge on any atom is -0.294 e. The standard InChI is InChI=1S/C24H27NO/c1-23(2)24(15-9-4-10-16-24)20-14-8-7-13-19(20)21(25-23)17-22(26)18-11-5-3-6-12-18/h3,5-8,11-14H,4,9-10,15-17H2,1-2H3. The summed E-state index contributed by atoms with van der Waals surface area (Å²) in [6.07, 6.45) is 6.63. The fourth-order valence-corrected chi connectivity index (χ4v) is 5.04. The molecule has 2 aliphatic rings. The van der Waals surface area contributed by atoms with Crippen molar-refractivity contribution in [2.75, 3.05) is 0 Å². The van der Waals surface area contributed by atoms with Crippen molar-refractivity contribution in [2.24, 2.45) is 4.99 Å². The van der Waals surface area contributed by atoms with Gasteiger partial charge in [-0.15, -0.1) is 0 Å². The van der Waals surface area contributed by atoms with E-state index < -0.39 is 0 Å². The highest BCUT2D eigenvalue weighted by molar-refractivity contribution is 6.17. The Balaban J connectivity index is 1.76. The zero-order chi connectivity index (χ0) is 18.2. The van der Waals surface area contributed by atoms with Gasteiger partial charge in [-0.25, -0.2) is 0 Å². The van der Waals surface area contributed by atoms with Crippen molar-refractivity contribution >= 4 is 11.5 Å². The van der Waals surface area contributed by atoms with Crippen molar-refractivity contribution in [3.05, 3.63) is 71.3 Å². The number of carbonyl (C=O) groups is 1. The number of carbonyl (C=O) groups excluding carboxylic acids is 1. The lowest BCUT2D eigenvalue weighted by Crippen LogP contribution is -2.51. The van der Waals surface area contributed by atoms with Gasteiger partial charge < -0.3 is 0 Å². The Morgan fingerprint density at radius 2 is 1.58 bits per heavy atom. The zero-order valence-electron chi connectivity index (χ0n) is 15.8. The lowest BCUT2D eigenvalue weighted by molar-refractivity contribution is 0.0999. The average molecular weight is 345 g/mol. The second-order valence-corrected chi connectivity index (χ2v) is 8.27. The number of aliphatic imine (C=N–C) groups is 1. The Morgan fingerprint density at radius 3 is 2.31 bits per heavy atom. The monoisotopic (exact) mass is 345 g/mol. The van der Waals surface area contributed by atoms with Crippen LogP contribution >= 0.6 is 0 Å². The number of Topliss-reactive ketones (excluding diaryl/α,β-unsaturated/α-hetero) is 1. The van der Waals surface area contributed by atoms with Gasteiger partial charge in [0.25, 0.3) is 0 Å². The van der Waals surface area contributed by atoms with Crippen LogP contribution in [0.2, 0.25) is 0 Å². The van der Waals surface area contributed by atoms with Gasteiger partial charge in [0.1, 0.15) is 0 Å². The summed E-state index contributed by atoms with van der Waals surface area (Å²) in [5, 5.41) is 0. The van der Waals surface area contributed by atoms with E-state index in [0.29, 0.717) is 6.42 Å². The molecule has 1 saturated carbocycles. The minimum atomic E-state index is -0.173. The highest BCUT2D eigenvalue weighted by Crippen LogP contribution is 2.52. The molecule has 1 aliphatic heterocycles. The quantitative estimate of drug-likeness (QED) is 0.652. The first-order valence-corrected chi connectivity index (χ1v) is 9.80. The van der Waals surface area contributed by atoms with Gasteiger partial charge in [0, 0.05) is 11.0 Å². The van der Waals surface area contributed by atoms with Crippen LogP contribution in [0.25, 0.3) is 0 Å². The number of hydrogen-bond donors (Lipinski definition) is 0. The molecule has 0 radical (unpaired) electrons. The van der Waals surface area contributed by atoms with Crippen molar-refractivity contribution in [1.82, 2.24) is 0 Å². The topological polar surface area (TPSA) is 29.4 Å². The molecule has 26 heavy (non-hydrogen) atoms. The summed E-state index contributed by atoms with van der Waals surface area (Å²) < 4.78 is 0. The lowest BCUT2D eigenvalue weighted by Gasteiger charge is -2.51. The first-order chi connectivity index (χ1) is 12.5. The van der Waals surface area contributed by atoms with Gasteiger partial charge in [-0.2, -0.15) is 0 Å². The molecule has 4 rings (SSSR count). The summed E-state index contributed by atoms with van der Waals surface area (Å²) in [4.78, 5) is 18.0. The maximum Gasteiger partial charge on any atom is 0.168 e. The molecule has 1 heterocycles. The highest BCUT2D eigenvalue weighted by Gasteiger charge is 2.50. The number of rotatable bonds is 3. The van der Waals surface area contributed by atoms with E-state index in [1.807, 2.05) is 30.3 Å². The second-order valence-electron chi connectivity index (χ2n) is 8.27. The second kappa shape index (κ2) is 6.50. The summed E-state index contributed by atoms with van der Waals surface area (Å²) >= 11 is 0. The molecule has 0 N–H and O–H groups in total. The fraction of sp³-hybridized carbons (Fsp3) is 0.417. The van der Waals surface area contributed by atoms with Crippen LogP contribution in [0, 0.1) is 0 Å².